The second-order valence-electron chi connectivity index (χ2n) is 10.7. The maximum absolute atomic E-state index is 15.6. The zero-order valence-electron chi connectivity index (χ0n) is 20.9. The quantitative estimate of drug-likeness (QED) is 0.322. The highest BCUT2D eigenvalue weighted by molar-refractivity contribution is 6.31. The van der Waals surface area contributed by atoms with Crippen molar-refractivity contribution in [2.45, 2.75) is 50.7 Å². The molecule has 4 rings (SSSR count). The zero-order chi connectivity index (χ0) is 28.0. The van der Waals surface area contributed by atoms with Gasteiger partial charge in [0.15, 0.2) is 11.6 Å². The van der Waals surface area contributed by atoms with Crippen LogP contribution in [0.2, 0.25) is 10.0 Å². The third kappa shape index (κ3) is 5.29. The van der Waals surface area contributed by atoms with E-state index in [4.69, 9.17) is 39.1 Å². The Labute approximate surface area is 228 Å². The summed E-state index contributed by atoms with van der Waals surface area (Å²) < 4.78 is 36.4. The maximum Gasteiger partial charge on any atom is 0.284 e. The number of rotatable bonds is 6. The number of primary amides is 1. The largest absolute Gasteiger partial charge is 0.435 e. The van der Waals surface area contributed by atoms with Crippen molar-refractivity contribution in [2.24, 2.45) is 16.9 Å². The van der Waals surface area contributed by atoms with Crippen molar-refractivity contribution >= 4 is 40.9 Å². The molecule has 3 aromatic rings. The predicted molar refractivity (Wildman–Crippen MR) is 142 cm³/mol. The van der Waals surface area contributed by atoms with Crippen LogP contribution in [0.4, 0.5) is 14.7 Å². The summed E-state index contributed by atoms with van der Waals surface area (Å²) in [5, 5.41) is 5.82. The van der Waals surface area contributed by atoms with Gasteiger partial charge in [-0.2, -0.15) is 0 Å². The van der Waals surface area contributed by atoms with Crippen LogP contribution in [0.1, 0.15) is 54.8 Å². The van der Waals surface area contributed by atoms with E-state index in [1.807, 2.05) is 20.8 Å². The molecular formula is C27H28Cl2F2N4O3. The first-order chi connectivity index (χ1) is 17.7. The Morgan fingerprint density at radius 3 is 2.45 bits per heavy atom. The summed E-state index contributed by atoms with van der Waals surface area (Å²) in [5.74, 6) is -4.22. The lowest BCUT2D eigenvalue weighted by atomic mass is 9.68. The van der Waals surface area contributed by atoms with Crippen molar-refractivity contribution in [1.29, 1.82) is 0 Å². The molecule has 1 fully saturated rings. The molecule has 38 heavy (non-hydrogen) atoms. The van der Waals surface area contributed by atoms with Crippen LogP contribution in [0, 0.1) is 17.0 Å². The van der Waals surface area contributed by atoms with Gasteiger partial charge in [0.25, 0.3) is 5.91 Å². The minimum Gasteiger partial charge on any atom is -0.435 e. The standard InChI is InChI=1S/C27H28Cl2F2N4O3/c1-26(2,3)12-19-27(33,15-8-7-13(28)11-17(15)30)21(14-5-4-6-16(29)22(14)31)23(34-19)25(37)35-20-10-9-18(38-20)24(32)36/h4-11,19,21,23,34H,12,33H2,1-3H3,(H2,32,36)(H,35,37)/t19?,21-,23+,27+/m0/s1. The van der Waals surface area contributed by atoms with Gasteiger partial charge in [-0.05, 0) is 41.7 Å². The Kier molecular flexibility index (Phi) is 7.60. The average Bonchev–Trinajstić information content (AvgIpc) is 3.38. The lowest BCUT2D eigenvalue weighted by Gasteiger charge is -2.40. The molecule has 202 valence electrons. The Morgan fingerprint density at radius 2 is 1.84 bits per heavy atom. The summed E-state index contributed by atoms with van der Waals surface area (Å²) in [6, 6.07) is 9.31. The van der Waals surface area contributed by atoms with Gasteiger partial charge in [0.2, 0.25) is 5.91 Å². The summed E-state index contributed by atoms with van der Waals surface area (Å²) in [7, 11) is 0. The molecule has 0 aliphatic carbocycles. The first-order valence-electron chi connectivity index (χ1n) is 11.9. The van der Waals surface area contributed by atoms with Crippen LogP contribution in [0.15, 0.2) is 52.9 Å². The second-order valence-corrected chi connectivity index (χ2v) is 11.5. The fraction of sp³-hybridized carbons (Fsp3) is 0.333. The van der Waals surface area contributed by atoms with Crippen molar-refractivity contribution in [1.82, 2.24) is 5.32 Å². The Balaban J connectivity index is 1.89. The van der Waals surface area contributed by atoms with E-state index in [0.717, 1.165) is 6.07 Å². The van der Waals surface area contributed by atoms with E-state index in [0.29, 0.717) is 6.42 Å². The summed E-state index contributed by atoms with van der Waals surface area (Å²) in [5.41, 5.74) is 10.5. The van der Waals surface area contributed by atoms with Gasteiger partial charge in [0.1, 0.15) is 11.6 Å². The van der Waals surface area contributed by atoms with E-state index in [1.54, 1.807) is 0 Å². The molecule has 1 aromatic heterocycles. The van der Waals surface area contributed by atoms with Gasteiger partial charge >= 0.3 is 0 Å². The third-order valence-electron chi connectivity index (χ3n) is 6.71. The normalized spacial score (nSPS) is 23.4. The van der Waals surface area contributed by atoms with Crippen molar-refractivity contribution in [3.8, 4) is 0 Å². The molecule has 6 N–H and O–H groups in total. The minimum absolute atomic E-state index is 0.0377. The van der Waals surface area contributed by atoms with Gasteiger partial charge in [-0.15, -0.1) is 0 Å². The van der Waals surface area contributed by atoms with Crippen LogP contribution in [0.5, 0.6) is 0 Å². The number of furan rings is 1. The van der Waals surface area contributed by atoms with Crippen LogP contribution in [-0.2, 0) is 10.3 Å². The fourth-order valence-corrected chi connectivity index (χ4v) is 5.48. The van der Waals surface area contributed by atoms with Gasteiger partial charge in [0.05, 0.1) is 16.6 Å². The van der Waals surface area contributed by atoms with Crippen LogP contribution in [-0.4, -0.2) is 23.9 Å². The summed E-state index contributed by atoms with van der Waals surface area (Å²) in [4.78, 5) is 25.1. The van der Waals surface area contributed by atoms with Gasteiger partial charge in [0, 0.05) is 28.6 Å². The molecule has 1 aliphatic heterocycles. The minimum atomic E-state index is -1.61. The van der Waals surface area contributed by atoms with Crippen molar-refractivity contribution < 1.29 is 22.8 Å². The van der Waals surface area contributed by atoms with Gasteiger partial charge in [-0.25, -0.2) is 8.78 Å². The molecule has 1 aliphatic rings. The molecule has 0 radical (unpaired) electrons. The fourth-order valence-electron chi connectivity index (χ4n) is 5.14. The number of anilines is 1. The second kappa shape index (κ2) is 10.3. The summed E-state index contributed by atoms with van der Waals surface area (Å²) >= 11 is 12.2. The number of nitrogens with two attached hydrogens (primary N) is 2. The van der Waals surface area contributed by atoms with E-state index in [1.165, 1.54) is 42.5 Å². The smallest absolute Gasteiger partial charge is 0.284 e. The van der Waals surface area contributed by atoms with Crippen molar-refractivity contribution in [3.05, 3.63) is 87.1 Å². The monoisotopic (exact) mass is 564 g/mol. The first-order valence-corrected chi connectivity index (χ1v) is 12.6. The Hall–Kier alpha value is -2.98. The molecule has 0 bridgehead atoms. The number of benzene rings is 2. The highest BCUT2D eigenvalue weighted by Gasteiger charge is 2.58. The molecule has 2 amide bonds. The van der Waals surface area contributed by atoms with E-state index in [-0.39, 0.29) is 38.2 Å². The lowest BCUT2D eigenvalue weighted by molar-refractivity contribution is -0.118. The predicted octanol–water partition coefficient (Wildman–Crippen LogP) is 5.32. The average molecular weight is 565 g/mol. The summed E-state index contributed by atoms with van der Waals surface area (Å²) in [6.07, 6.45) is 0.403. The zero-order valence-corrected chi connectivity index (χ0v) is 22.5. The maximum atomic E-state index is 15.6. The first kappa shape index (κ1) is 28.0. The van der Waals surface area contributed by atoms with E-state index >= 15 is 8.78 Å². The highest BCUT2D eigenvalue weighted by Crippen LogP contribution is 2.50. The van der Waals surface area contributed by atoms with Crippen molar-refractivity contribution in [3.63, 3.8) is 0 Å². The highest BCUT2D eigenvalue weighted by atomic mass is 35.5. The molecular weight excluding hydrogens is 537 g/mol. The SMILES string of the molecule is CC(C)(C)CC1N[C@@H](C(=O)Nc2ccc(C(N)=O)o2)[C@H](c2cccc(Cl)c2F)[C@@]1(N)c1ccc(Cl)cc1F. The topological polar surface area (TPSA) is 123 Å². The van der Waals surface area contributed by atoms with Crippen LogP contribution in [0.25, 0.3) is 0 Å². The number of carbonyl (C=O) groups is 2. The molecule has 0 spiro atoms. The van der Waals surface area contributed by atoms with Gasteiger partial charge in [-0.3, -0.25) is 14.9 Å². The Morgan fingerprint density at radius 1 is 1.13 bits per heavy atom. The van der Waals surface area contributed by atoms with Crippen LogP contribution in [0.3, 0.4) is 0 Å². The lowest BCUT2D eigenvalue weighted by Crippen LogP contribution is -2.52. The number of carbonyl (C=O) groups excluding carboxylic acids is 2. The van der Waals surface area contributed by atoms with E-state index in [9.17, 15) is 9.59 Å². The van der Waals surface area contributed by atoms with Gasteiger partial charge in [-0.1, -0.05) is 62.2 Å². The number of hydrogen-bond acceptors (Lipinski definition) is 5. The number of halogens is 4. The molecule has 1 saturated heterocycles. The molecule has 0 saturated carbocycles. The summed E-state index contributed by atoms with van der Waals surface area (Å²) in [6.45, 7) is 5.93. The van der Waals surface area contributed by atoms with Crippen molar-refractivity contribution in [2.75, 3.05) is 5.32 Å². The molecule has 4 atom stereocenters. The number of amides is 2. The van der Waals surface area contributed by atoms with Crippen LogP contribution < -0.4 is 22.1 Å². The number of hydrogen-bond donors (Lipinski definition) is 4. The number of nitrogens with one attached hydrogen (secondary N) is 2. The van der Waals surface area contributed by atoms with Crippen LogP contribution >= 0.6 is 23.2 Å². The third-order valence-corrected chi connectivity index (χ3v) is 7.24. The van der Waals surface area contributed by atoms with E-state index in [2.05, 4.69) is 10.6 Å². The Bertz CT molecular complexity index is 1390. The molecule has 7 nitrogen and oxygen atoms in total. The molecule has 11 heteroatoms. The molecule has 1 unspecified atom stereocenters. The molecule has 2 heterocycles. The van der Waals surface area contributed by atoms with Gasteiger partial charge < -0.3 is 21.2 Å². The van der Waals surface area contributed by atoms with E-state index < -0.39 is 47.0 Å². The molecule has 2 aromatic carbocycles.